The van der Waals surface area contributed by atoms with Crippen LogP contribution in [0.1, 0.15) is 52.2 Å². The molecule has 4 aromatic rings. The highest BCUT2D eigenvalue weighted by atomic mass is 35.5. The number of benzene rings is 3. The summed E-state index contributed by atoms with van der Waals surface area (Å²) in [6.07, 6.45) is 2.53. The molecule has 0 fully saturated rings. The molecule has 1 unspecified atom stereocenters. The Balaban J connectivity index is 1.40. The van der Waals surface area contributed by atoms with Gasteiger partial charge in [-0.1, -0.05) is 85.1 Å². The van der Waals surface area contributed by atoms with Crippen LogP contribution < -0.4 is 0 Å². The fourth-order valence-electron chi connectivity index (χ4n) is 5.12. The van der Waals surface area contributed by atoms with Crippen molar-refractivity contribution in [1.29, 1.82) is 0 Å². The van der Waals surface area contributed by atoms with Crippen LogP contribution in [0.2, 0.25) is 10.0 Å². The highest BCUT2D eigenvalue weighted by Gasteiger charge is 2.35. The summed E-state index contributed by atoms with van der Waals surface area (Å²) in [6, 6.07) is 24.9. The predicted molar refractivity (Wildman–Crippen MR) is 161 cm³/mol. The number of hydrogen-bond donors (Lipinski definition) is 0. The van der Waals surface area contributed by atoms with Gasteiger partial charge in [0, 0.05) is 33.6 Å². The van der Waals surface area contributed by atoms with E-state index >= 15 is 0 Å². The highest BCUT2D eigenvalue weighted by molar-refractivity contribution is 7.10. The molecule has 39 heavy (non-hydrogen) atoms. The van der Waals surface area contributed by atoms with E-state index in [0.717, 1.165) is 41.5 Å². The number of amides is 2. The Morgan fingerprint density at radius 3 is 2.41 bits per heavy atom. The Bertz CT molecular complexity index is 1450. The molecule has 0 N–H and O–H groups in total. The molecule has 5 rings (SSSR count). The smallest absolute Gasteiger partial charge is 0.254 e. The van der Waals surface area contributed by atoms with Crippen LogP contribution in [0.15, 0.2) is 84.2 Å². The van der Waals surface area contributed by atoms with Crippen LogP contribution in [-0.4, -0.2) is 41.2 Å². The first-order valence-corrected chi connectivity index (χ1v) is 14.8. The Morgan fingerprint density at radius 2 is 1.69 bits per heavy atom. The number of rotatable bonds is 8. The van der Waals surface area contributed by atoms with Gasteiger partial charge in [-0.3, -0.25) is 9.59 Å². The van der Waals surface area contributed by atoms with E-state index in [1.807, 2.05) is 71.6 Å². The van der Waals surface area contributed by atoms with E-state index in [9.17, 15) is 9.59 Å². The predicted octanol–water partition coefficient (Wildman–Crippen LogP) is 8.14. The summed E-state index contributed by atoms with van der Waals surface area (Å²) >= 11 is 14.5. The Morgan fingerprint density at radius 1 is 0.949 bits per heavy atom. The van der Waals surface area contributed by atoms with Crippen molar-refractivity contribution in [2.75, 3.05) is 19.6 Å². The van der Waals surface area contributed by atoms with Crippen molar-refractivity contribution in [2.45, 2.75) is 32.2 Å². The summed E-state index contributed by atoms with van der Waals surface area (Å²) in [6.45, 7) is 3.18. The molecule has 1 aliphatic rings. The molecule has 200 valence electrons. The van der Waals surface area contributed by atoms with Gasteiger partial charge in [0.2, 0.25) is 5.91 Å². The van der Waals surface area contributed by atoms with Gasteiger partial charge < -0.3 is 9.80 Å². The largest absolute Gasteiger partial charge is 0.330 e. The Kier molecular flexibility index (Phi) is 8.71. The Hall–Kier alpha value is -3.12. The SMILES string of the molecule is CCCCN(CC(=O)N1CCc2sccc2C1c1ccc(Cl)cc1Cl)C(=O)c1ccc(-c2ccccc2)cc1. The monoisotopic (exact) mass is 576 g/mol. The van der Waals surface area contributed by atoms with E-state index < -0.39 is 0 Å². The molecular formula is C32H30Cl2N2O2S. The molecule has 0 aliphatic carbocycles. The maximum Gasteiger partial charge on any atom is 0.254 e. The number of carbonyl (C=O) groups is 2. The zero-order chi connectivity index (χ0) is 27.4. The number of hydrogen-bond acceptors (Lipinski definition) is 3. The van der Waals surface area contributed by atoms with Crippen LogP contribution in [0.4, 0.5) is 0 Å². The lowest BCUT2D eigenvalue weighted by Crippen LogP contribution is -2.47. The first-order valence-electron chi connectivity index (χ1n) is 13.2. The zero-order valence-electron chi connectivity index (χ0n) is 21.8. The van der Waals surface area contributed by atoms with E-state index in [1.54, 1.807) is 22.3 Å². The lowest BCUT2D eigenvalue weighted by molar-refractivity contribution is -0.134. The minimum atomic E-state index is -0.314. The maximum absolute atomic E-state index is 13.9. The van der Waals surface area contributed by atoms with Crippen molar-refractivity contribution < 1.29 is 9.59 Å². The fourth-order valence-corrected chi connectivity index (χ4v) is 6.53. The first-order chi connectivity index (χ1) is 19.0. The van der Waals surface area contributed by atoms with E-state index in [-0.39, 0.29) is 24.4 Å². The van der Waals surface area contributed by atoms with Gasteiger partial charge in [-0.15, -0.1) is 11.3 Å². The molecule has 0 spiro atoms. The van der Waals surface area contributed by atoms with Gasteiger partial charge in [0.25, 0.3) is 5.91 Å². The molecule has 1 atom stereocenters. The van der Waals surface area contributed by atoms with Crippen molar-refractivity contribution in [3.8, 4) is 11.1 Å². The summed E-state index contributed by atoms with van der Waals surface area (Å²) in [5, 5.41) is 3.14. The van der Waals surface area contributed by atoms with Gasteiger partial charge in [-0.05, 0) is 70.8 Å². The van der Waals surface area contributed by atoms with Crippen LogP contribution in [0.5, 0.6) is 0 Å². The molecule has 1 aliphatic heterocycles. The molecule has 0 bridgehead atoms. The summed E-state index contributed by atoms with van der Waals surface area (Å²) in [5.41, 5.74) is 4.66. The topological polar surface area (TPSA) is 40.6 Å². The van der Waals surface area contributed by atoms with Crippen LogP contribution in [0, 0.1) is 0 Å². The maximum atomic E-state index is 13.9. The van der Waals surface area contributed by atoms with Crippen LogP contribution >= 0.6 is 34.5 Å². The van der Waals surface area contributed by atoms with Gasteiger partial charge in [-0.25, -0.2) is 0 Å². The van der Waals surface area contributed by atoms with Crippen molar-refractivity contribution >= 4 is 46.4 Å². The van der Waals surface area contributed by atoms with Gasteiger partial charge in [0.1, 0.15) is 6.54 Å². The summed E-state index contributed by atoms with van der Waals surface area (Å²) < 4.78 is 0. The molecule has 4 nitrogen and oxygen atoms in total. The summed E-state index contributed by atoms with van der Waals surface area (Å²) in [7, 11) is 0. The normalized spacial score (nSPS) is 14.6. The number of carbonyl (C=O) groups excluding carboxylic acids is 2. The standard InChI is InChI=1S/C32H30Cl2N2O2S/c1-2-3-17-35(32(38)24-11-9-23(10-12-24)22-7-5-4-6-8-22)21-30(37)36-18-15-29-27(16-19-39-29)31(36)26-14-13-25(33)20-28(26)34/h4-14,16,19-20,31H,2-3,15,17-18,21H2,1H3. The lowest BCUT2D eigenvalue weighted by Gasteiger charge is -2.38. The third-order valence-corrected chi connectivity index (χ3v) is 8.74. The molecule has 1 aromatic heterocycles. The number of nitrogens with zero attached hydrogens (tertiary/aromatic N) is 2. The van der Waals surface area contributed by atoms with Crippen LogP contribution in [0.25, 0.3) is 11.1 Å². The zero-order valence-corrected chi connectivity index (χ0v) is 24.1. The number of thiophene rings is 1. The van der Waals surface area contributed by atoms with Gasteiger partial charge in [-0.2, -0.15) is 0 Å². The van der Waals surface area contributed by atoms with Crippen molar-refractivity contribution in [3.05, 3.63) is 116 Å². The van der Waals surface area contributed by atoms with Gasteiger partial charge in [0.15, 0.2) is 0 Å². The third kappa shape index (κ3) is 6.06. The molecular weight excluding hydrogens is 547 g/mol. The average Bonchev–Trinajstić information content (AvgIpc) is 3.44. The Labute approximate surface area is 243 Å². The quantitative estimate of drug-likeness (QED) is 0.212. The second kappa shape index (κ2) is 12.4. The van der Waals surface area contributed by atoms with Crippen molar-refractivity contribution in [3.63, 3.8) is 0 Å². The van der Waals surface area contributed by atoms with E-state index in [2.05, 4.69) is 18.4 Å². The molecule has 0 saturated heterocycles. The highest BCUT2D eigenvalue weighted by Crippen LogP contribution is 2.41. The number of unbranched alkanes of at least 4 members (excludes halogenated alkanes) is 1. The average molecular weight is 578 g/mol. The number of fused-ring (bicyclic) bond motifs is 1. The second-order valence-corrected chi connectivity index (χ2v) is 11.6. The van der Waals surface area contributed by atoms with Gasteiger partial charge >= 0.3 is 0 Å². The van der Waals surface area contributed by atoms with Crippen LogP contribution in [0.3, 0.4) is 0 Å². The van der Waals surface area contributed by atoms with Gasteiger partial charge in [0.05, 0.1) is 6.04 Å². The van der Waals surface area contributed by atoms with E-state index in [1.165, 1.54) is 4.88 Å². The first kappa shape index (κ1) is 27.4. The molecule has 2 amide bonds. The second-order valence-electron chi connectivity index (χ2n) is 9.73. The van der Waals surface area contributed by atoms with E-state index in [0.29, 0.717) is 28.7 Å². The minimum Gasteiger partial charge on any atom is -0.330 e. The minimum absolute atomic E-state index is 0.0143. The summed E-state index contributed by atoms with van der Waals surface area (Å²) in [5.74, 6) is -0.223. The van der Waals surface area contributed by atoms with E-state index in [4.69, 9.17) is 23.2 Å². The van der Waals surface area contributed by atoms with Crippen molar-refractivity contribution in [2.24, 2.45) is 0 Å². The molecule has 3 aromatic carbocycles. The third-order valence-electron chi connectivity index (χ3n) is 7.18. The fraction of sp³-hybridized carbons (Fsp3) is 0.250. The van der Waals surface area contributed by atoms with Crippen LogP contribution in [-0.2, 0) is 11.2 Å². The van der Waals surface area contributed by atoms with Crippen molar-refractivity contribution in [1.82, 2.24) is 9.80 Å². The lowest BCUT2D eigenvalue weighted by atomic mass is 9.93. The molecule has 0 saturated carbocycles. The number of halogens is 2. The molecule has 0 radical (unpaired) electrons. The summed E-state index contributed by atoms with van der Waals surface area (Å²) in [4.78, 5) is 32.4. The molecule has 2 heterocycles. The molecule has 7 heteroatoms.